The molecule has 136 valence electrons. The van der Waals surface area contributed by atoms with E-state index in [4.69, 9.17) is 9.47 Å². The number of carbonyl (C=O) groups excluding carboxylic acids is 2. The molecule has 0 aliphatic rings. The van der Waals surface area contributed by atoms with Crippen LogP contribution in [0.4, 0.5) is 4.39 Å². The van der Waals surface area contributed by atoms with E-state index >= 15 is 0 Å². The van der Waals surface area contributed by atoms with Crippen LogP contribution in [0.15, 0.2) is 23.1 Å². The number of hydrogen-bond donors (Lipinski definition) is 0. The molecule has 1 aromatic heterocycles. The van der Waals surface area contributed by atoms with Crippen LogP contribution < -0.4 is 5.43 Å². The number of aromatic nitrogens is 1. The summed E-state index contributed by atoms with van der Waals surface area (Å²) in [5.74, 6) is -4.04. The molecule has 2 rings (SSSR count). The Morgan fingerprint density at radius 2 is 1.92 bits per heavy atom. The zero-order chi connectivity index (χ0) is 19.4. The van der Waals surface area contributed by atoms with E-state index in [0.717, 1.165) is 6.07 Å². The van der Waals surface area contributed by atoms with Crippen molar-refractivity contribution in [1.29, 1.82) is 5.26 Å². The molecule has 8 heteroatoms. The van der Waals surface area contributed by atoms with Gasteiger partial charge in [0.2, 0.25) is 5.43 Å². The fourth-order valence-corrected chi connectivity index (χ4v) is 2.57. The number of carbonyl (C=O) groups is 2. The number of pyridine rings is 1. The summed E-state index contributed by atoms with van der Waals surface area (Å²) in [6.07, 6.45) is 1.27. The Hall–Kier alpha value is -3.21. The minimum atomic E-state index is -1.46. The third-order valence-electron chi connectivity index (χ3n) is 3.76. The Labute approximate surface area is 148 Å². The molecular formula is C18H17FN2O5. The summed E-state index contributed by atoms with van der Waals surface area (Å²) in [5.41, 5.74) is -0.843. The minimum Gasteiger partial charge on any atom is -0.465 e. The fourth-order valence-electron chi connectivity index (χ4n) is 2.57. The molecule has 1 unspecified atom stereocenters. The highest BCUT2D eigenvalue weighted by Gasteiger charge is 2.26. The van der Waals surface area contributed by atoms with Crippen LogP contribution >= 0.6 is 0 Å². The zero-order valence-corrected chi connectivity index (χ0v) is 14.5. The van der Waals surface area contributed by atoms with Gasteiger partial charge in [0.15, 0.2) is 5.92 Å². The van der Waals surface area contributed by atoms with Gasteiger partial charge in [-0.1, -0.05) is 0 Å². The average Bonchev–Trinajstić information content (AvgIpc) is 2.60. The summed E-state index contributed by atoms with van der Waals surface area (Å²) in [6, 6.07) is 3.87. The maximum Gasteiger partial charge on any atom is 0.343 e. The molecule has 2 aromatic rings. The largest absolute Gasteiger partial charge is 0.465 e. The number of aryl methyl sites for hydroxylation is 1. The third-order valence-corrected chi connectivity index (χ3v) is 3.76. The molecule has 0 aliphatic heterocycles. The van der Waals surface area contributed by atoms with Gasteiger partial charge in [0, 0.05) is 24.2 Å². The quantitative estimate of drug-likeness (QED) is 0.757. The molecule has 7 nitrogen and oxygen atoms in total. The number of halogens is 1. The van der Waals surface area contributed by atoms with Crippen LogP contribution in [-0.2, 0) is 21.3 Å². The van der Waals surface area contributed by atoms with Crippen molar-refractivity contribution in [2.24, 2.45) is 7.05 Å². The highest BCUT2D eigenvalue weighted by Crippen LogP contribution is 2.25. The predicted molar refractivity (Wildman–Crippen MR) is 90.1 cm³/mol. The van der Waals surface area contributed by atoms with Crippen molar-refractivity contribution in [3.05, 3.63) is 45.5 Å². The first kappa shape index (κ1) is 19.1. The average molecular weight is 360 g/mol. The molecule has 0 saturated heterocycles. The van der Waals surface area contributed by atoms with Crippen molar-refractivity contribution >= 4 is 22.8 Å². The first-order valence-electron chi connectivity index (χ1n) is 7.91. The summed E-state index contributed by atoms with van der Waals surface area (Å²) < 4.78 is 25.6. The summed E-state index contributed by atoms with van der Waals surface area (Å²) in [4.78, 5) is 36.3. The van der Waals surface area contributed by atoms with Crippen LogP contribution in [0.5, 0.6) is 0 Å². The Bertz CT molecular complexity index is 974. The van der Waals surface area contributed by atoms with Crippen LogP contribution in [-0.4, -0.2) is 29.7 Å². The van der Waals surface area contributed by atoms with Crippen molar-refractivity contribution in [1.82, 2.24) is 4.57 Å². The number of hydrogen-bond acceptors (Lipinski definition) is 6. The van der Waals surface area contributed by atoms with Gasteiger partial charge in [0.05, 0.1) is 24.8 Å². The smallest absolute Gasteiger partial charge is 0.343 e. The van der Waals surface area contributed by atoms with Crippen molar-refractivity contribution in [2.75, 3.05) is 13.2 Å². The SMILES string of the molecule is CCOC(=O)c1cn(C)c2cc(C(C#N)C(=O)OCC)c(F)cc2c1=O. The Morgan fingerprint density at radius 3 is 2.50 bits per heavy atom. The summed E-state index contributed by atoms with van der Waals surface area (Å²) >= 11 is 0. The molecule has 0 saturated carbocycles. The van der Waals surface area contributed by atoms with E-state index in [1.807, 2.05) is 0 Å². The molecule has 1 aromatic carbocycles. The van der Waals surface area contributed by atoms with Gasteiger partial charge in [-0.15, -0.1) is 0 Å². The zero-order valence-electron chi connectivity index (χ0n) is 14.5. The van der Waals surface area contributed by atoms with Crippen LogP contribution in [0.3, 0.4) is 0 Å². The molecule has 26 heavy (non-hydrogen) atoms. The number of esters is 2. The van der Waals surface area contributed by atoms with Crippen LogP contribution in [0.2, 0.25) is 0 Å². The molecule has 0 aliphatic carbocycles. The van der Waals surface area contributed by atoms with Gasteiger partial charge in [0.25, 0.3) is 0 Å². The van der Waals surface area contributed by atoms with Gasteiger partial charge in [-0.2, -0.15) is 5.26 Å². The van der Waals surface area contributed by atoms with Crippen molar-refractivity contribution < 1.29 is 23.5 Å². The van der Waals surface area contributed by atoms with E-state index in [2.05, 4.69) is 0 Å². The summed E-state index contributed by atoms with van der Waals surface area (Å²) in [5, 5.41) is 9.17. The standard InChI is InChI=1S/C18H17FN2O5/c1-4-25-17(23)12(8-20)10-7-15-11(6-14(10)19)16(22)13(9-21(15)3)18(24)26-5-2/h6-7,9,12H,4-5H2,1-3H3. The van der Waals surface area contributed by atoms with Gasteiger partial charge < -0.3 is 14.0 Å². The van der Waals surface area contributed by atoms with E-state index in [1.165, 1.54) is 16.8 Å². The second kappa shape index (κ2) is 7.78. The first-order chi connectivity index (χ1) is 12.3. The number of benzene rings is 1. The van der Waals surface area contributed by atoms with Gasteiger partial charge in [-0.3, -0.25) is 9.59 Å². The van der Waals surface area contributed by atoms with Gasteiger partial charge in [0.1, 0.15) is 11.4 Å². The van der Waals surface area contributed by atoms with Gasteiger partial charge in [-0.05, 0) is 26.0 Å². The van der Waals surface area contributed by atoms with Gasteiger partial charge >= 0.3 is 11.9 Å². The highest BCUT2D eigenvalue weighted by atomic mass is 19.1. The van der Waals surface area contributed by atoms with Gasteiger partial charge in [-0.25, -0.2) is 9.18 Å². The Balaban J connectivity index is 2.69. The number of nitrogens with zero attached hydrogens (tertiary/aromatic N) is 2. The first-order valence-corrected chi connectivity index (χ1v) is 7.91. The van der Waals surface area contributed by atoms with Crippen LogP contribution in [0.25, 0.3) is 10.9 Å². The van der Waals surface area contributed by atoms with E-state index in [9.17, 15) is 24.0 Å². The molecule has 0 radical (unpaired) electrons. The molecule has 0 fully saturated rings. The fraction of sp³-hybridized carbons (Fsp3) is 0.333. The van der Waals surface area contributed by atoms with Crippen LogP contribution in [0, 0.1) is 17.1 Å². The molecule has 0 spiro atoms. The Morgan fingerprint density at radius 1 is 1.27 bits per heavy atom. The summed E-state index contributed by atoms with van der Waals surface area (Å²) in [7, 11) is 1.55. The minimum absolute atomic E-state index is 0.0492. The second-order valence-corrected chi connectivity index (χ2v) is 5.41. The van der Waals surface area contributed by atoms with E-state index < -0.39 is 29.1 Å². The maximum absolute atomic E-state index is 14.5. The lowest BCUT2D eigenvalue weighted by Gasteiger charge is -2.13. The molecular weight excluding hydrogens is 343 g/mol. The lowest BCUT2D eigenvalue weighted by Crippen LogP contribution is -2.21. The second-order valence-electron chi connectivity index (χ2n) is 5.41. The van der Waals surface area contributed by atoms with E-state index in [-0.39, 0.29) is 35.2 Å². The lowest BCUT2D eigenvalue weighted by molar-refractivity contribution is -0.143. The van der Waals surface area contributed by atoms with Crippen molar-refractivity contribution in [3.8, 4) is 6.07 Å². The molecule has 1 heterocycles. The highest BCUT2D eigenvalue weighted by molar-refractivity contribution is 5.94. The maximum atomic E-state index is 14.5. The number of rotatable bonds is 5. The van der Waals surface area contributed by atoms with Crippen LogP contribution in [0.1, 0.15) is 35.7 Å². The topological polar surface area (TPSA) is 98.4 Å². The molecule has 0 bridgehead atoms. The monoisotopic (exact) mass is 360 g/mol. The molecule has 1 atom stereocenters. The van der Waals surface area contributed by atoms with Crippen molar-refractivity contribution in [2.45, 2.75) is 19.8 Å². The molecule has 0 N–H and O–H groups in total. The van der Waals surface area contributed by atoms with E-state index in [1.54, 1.807) is 27.0 Å². The van der Waals surface area contributed by atoms with Crippen molar-refractivity contribution in [3.63, 3.8) is 0 Å². The van der Waals surface area contributed by atoms with E-state index in [0.29, 0.717) is 0 Å². The normalized spacial score (nSPS) is 11.7. The molecule has 0 amide bonds. The summed E-state index contributed by atoms with van der Waals surface area (Å²) in [6.45, 7) is 3.32. The predicted octanol–water partition coefficient (Wildman–Crippen LogP) is 2.02. The number of fused-ring (bicyclic) bond motifs is 1. The lowest BCUT2D eigenvalue weighted by atomic mass is 9.97. The number of nitriles is 1. The third kappa shape index (κ3) is 3.42. The Kier molecular flexibility index (Phi) is 5.72. The number of ether oxygens (including phenoxy) is 2.